The van der Waals surface area contributed by atoms with Gasteiger partial charge in [-0.25, -0.2) is 4.79 Å². The lowest BCUT2D eigenvalue weighted by atomic mass is 10.0. The van der Waals surface area contributed by atoms with Crippen molar-refractivity contribution in [2.75, 3.05) is 13.2 Å². The van der Waals surface area contributed by atoms with Gasteiger partial charge in [0.25, 0.3) is 0 Å². The number of esters is 2. The number of H-pyrrole nitrogens is 1. The van der Waals surface area contributed by atoms with Crippen LogP contribution in [0.1, 0.15) is 29.9 Å². The first-order chi connectivity index (χ1) is 10.7. The predicted octanol–water partition coefficient (Wildman–Crippen LogP) is 2.36. The molecule has 0 unspecified atom stereocenters. The summed E-state index contributed by atoms with van der Waals surface area (Å²) in [5.74, 6) is -0.942. The summed E-state index contributed by atoms with van der Waals surface area (Å²) in [6, 6.07) is 9.33. The lowest BCUT2D eigenvalue weighted by Gasteiger charge is -2.06. The summed E-state index contributed by atoms with van der Waals surface area (Å²) >= 11 is 0. The lowest BCUT2D eigenvalue weighted by Crippen LogP contribution is -2.13. The Balaban J connectivity index is 2.41. The Morgan fingerprint density at radius 2 is 1.77 bits per heavy atom. The van der Waals surface area contributed by atoms with Crippen LogP contribution >= 0.6 is 0 Å². The largest absolute Gasteiger partial charge is 0.466 e. The Labute approximate surface area is 128 Å². The standard InChI is InChI=1S/C16H18N2O4/c1-3-21-13(19)10-12-14(11-8-6-5-7-9-11)17-18-15(12)16(20)22-4-2/h5-9H,3-4,10H2,1-2H3,(H,17,18). The molecule has 0 aliphatic heterocycles. The van der Waals surface area contributed by atoms with Crippen molar-refractivity contribution in [3.8, 4) is 11.3 Å². The monoisotopic (exact) mass is 302 g/mol. The number of rotatable bonds is 6. The van der Waals surface area contributed by atoms with Gasteiger partial charge in [0.15, 0.2) is 0 Å². The van der Waals surface area contributed by atoms with Crippen LogP contribution in [0.15, 0.2) is 30.3 Å². The zero-order valence-electron chi connectivity index (χ0n) is 12.6. The highest BCUT2D eigenvalue weighted by atomic mass is 16.5. The van der Waals surface area contributed by atoms with Crippen molar-refractivity contribution in [2.45, 2.75) is 20.3 Å². The summed E-state index contributed by atoms with van der Waals surface area (Å²) in [4.78, 5) is 23.8. The van der Waals surface area contributed by atoms with Gasteiger partial charge in [0.1, 0.15) is 5.69 Å². The van der Waals surface area contributed by atoms with E-state index >= 15 is 0 Å². The summed E-state index contributed by atoms with van der Waals surface area (Å²) < 4.78 is 9.97. The van der Waals surface area contributed by atoms with E-state index in [1.165, 1.54) is 0 Å². The minimum Gasteiger partial charge on any atom is -0.466 e. The number of nitrogens with zero attached hydrogens (tertiary/aromatic N) is 1. The average Bonchev–Trinajstić information content (AvgIpc) is 2.92. The van der Waals surface area contributed by atoms with Gasteiger partial charge in [0.2, 0.25) is 0 Å². The molecule has 0 radical (unpaired) electrons. The highest BCUT2D eigenvalue weighted by Gasteiger charge is 2.23. The van der Waals surface area contributed by atoms with Crippen LogP contribution in [0.5, 0.6) is 0 Å². The van der Waals surface area contributed by atoms with Crippen molar-refractivity contribution in [3.05, 3.63) is 41.6 Å². The van der Waals surface area contributed by atoms with Gasteiger partial charge in [-0.1, -0.05) is 30.3 Å². The van der Waals surface area contributed by atoms with Crippen molar-refractivity contribution < 1.29 is 19.1 Å². The summed E-state index contributed by atoms with van der Waals surface area (Å²) in [5.41, 5.74) is 2.04. The highest BCUT2D eigenvalue weighted by molar-refractivity contribution is 5.93. The minimum atomic E-state index is -0.531. The Bertz CT molecular complexity index is 649. The molecule has 1 N–H and O–H groups in total. The molecule has 0 amide bonds. The van der Waals surface area contributed by atoms with Crippen molar-refractivity contribution in [3.63, 3.8) is 0 Å². The van der Waals surface area contributed by atoms with Crippen LogP contribution < -0.4 is 0 Å². The molecule has 116 valence electrons. The van der Waals surface area contributed by atoms with E-state index in [-0.39, 0.29) is 25.3 Å². The van der Waals surface area contributed by atoms with Gasteiger partial charge in [0, 0.05) is 11.1 Å². The summed E-state index contributed by atoms with van der Waals surface area (Å²) in [6.45, 7) is 3.98. The van der Waals surface area contributed by atoms with E-state index in [1.54, 1.807) is 13.8 Å². The van der Waals surface area contributed by atoms with Gasteiger partial charge >= 0.3 is 11.9 Å². The van der Waals surface area contributed by atoms with Crippen molar-refractivity contribution in [2.24, 2.45) is 0 Å². The first kappa shape index (κ1) is 15.8. The number of aromatic amines is 1. The third-order valence-corrected chi connectivity index (χ3v) is 3.02. The van der Waals surface area contributed by atoms with E-state index in [4.69, 9.17) is 9.47 Å². The Morgan fingerprint density at radius 3 is 2.41 bits per heavy atom. The Morgan fingerprint density at radius 1 is 1.09 bits per heavy atom. The van der Waals surface area contributed by atoms with Crippen molar-refractivity contribution in [1.82, 2.24) is 10.2 Å². The Hall–Kier alpha value is -2.63. The third-order valence-electron chi connectivity index (χ3n) is 3.02. The predicted molar refractivity (Wildman–Crippen MR) is 80.3 cm³/mol. The quantitative estimate of drug-likeness (QED) is 0.828. The molecule has 1 aromatic carbocycles. The molecule has 1 aromatic heterocycles. The molecular weight excluding hydrogens is 284 g/mol. The van der Waals surface area contributed by atoms with E-state index in [1.807, 2.05) is 30.3 Å². The molecule has 0 aliphatic rings. The molecule has 0 aliphatic carbocycles. The molecule has 22 heavy (non-hydrogen) atoms. The molecule has 6 nitrogen and oxygen atoms in total. The van der Waals surface area contributed by atoms with Crippen LogP contribution in [0, 0.1) is 0 Å². The first-order valence-electron chi connectivity index (χ1n) is 7.12. The van der Waals surface area contributed by atoms with Gasteiger partial charge < -0.3 is 9.47 Å². The number of hydrogen-bond acceptors (Lipinski definition) is 5. The summed E-state index contributed by atoms with van der Waals surface area (Å²) in [5, 5.41) is 6.84. The van der Waals surface area contributed by atoms with Crippen molar-refractivity contribution in [1.29, 1.82) is 0 Å². The zero-order valence-corrected chi connectivity index (χ0v) is 12.6. The Kier molecular flexibility index (Phi) is 5.30. The van der Waals surface area contributed by atoms with E-state index in [9.17, 15) is 9.59 Å². The average molecular weight is 302 g/mol. The van der Waals surface area contributed by atoms with Crippen molar-refractivity contribution >= 4 is 11.9 Å². The third kappa shape index (κ3) is 3.52. The fourth-order valence-electron chi connectivity index (χ4n) is 2.10. The molecule has 2 aromatic rings. The molecular formula is C16H18N2O4. The molecule has 0 bridgehead atoms. The van der Waals surface area contributed by atoms with Crippen LogP contribution in [0.2, 0.25) is 0 Å². The smallest absolute Gasteiger partial charge is 0.356 e. The number of hydrogen-bond donors (Lipinski definition) is 1. The molecule has 2 rings (SSSR count). The van der Waals surface area contributed by atoms with E-state index in [2.05, 4.69) is 10.2 Å². The highest BCUT2D eigenvalue weighted by Crippen LogP contribution is 2.25. The molecule has 0 fully saturated rings. The second-order valence-corrected chi connectivity index (χ2v) is 4.49. The number of ether oxygens (including phenoxy) is 2. The van der Waals surface area contributed by atoms with Gasteiger partial charge in [-0.15, -0.1) is 0 Å². The fourth-order valence-corrected chi connectivity index (χ4v) is 2.10. The number of carbonyl (C=O) groups excluding carboxylic acids is 2. The normalized spacial score (nSPS) is 10.3. The number of aromatic nitrogens is 2. The maximum atomic E-state index is 12.0. The van der Waals surface area contributed by atoms with Crippen LogP contribution in [-0.4, -0.2) is 35.3 Å². The molecule has 6 heteroatoms. The van der Waals surface area contributed by atoms with E-state index in [0.717, 1.165) is 5.56 Å². The van der Waals surface area contributed by atoms with E-state index < -0.39 is 11.9 Å². The van der Waals surface area contributed by atoms with Gasteiger partial charge in [-0.2, -0.15) is 5.10 Å². The molecule has 0 saturated carbocycles. The first-order valence-corrected chi connectivity index (χ1v) is 7.12. The van der Waals surface area contributed by atoms with Crippen LogP contribution in [-0.2, 0) is 20.7 Å². The van der Waals surface area contributed by atoms with Crippen LogP contribution in [0.3, 0.4) is 0 Å². The molecule has 0 spiro atoms. The van der Waals surface area contributed by atoms with Crippen LogP contribution in [0.25, 0.3) is 11.3 Å². The number of benzene rings is 1. The summed E-state index contributed by atoms with van der Waals surface area (Å²) in [7, 11) is 0. The number of carbonyl (C=O) groups is 2. The summed E-state index contributed by atoms with van der Waals surface area (Å²) in [6.07, 6.45) is -0.0390. The molecule has 0 saturated heterocycles. The zero-order chi connectivity index (χ0) is 15.9. The van der Waals surface area contributed by atoms with Gasteiger partial charge in [-0.05, 0) is 13.8 Å². The van der Waals surface area contributed by atoms with Gasteiger partial charge in [-0.3, -0.25) is 9.89 Å². The maximum Gasteiger partial charge on any atom is 0.356 e. The molecule has 1 heterocycles. The van der Waals surface area contributed by atoms with Gasteiger partial charge in [0.05, 0.1) is 25.3 Å². The molecule has 0 atom stereocenters. The topological polar surface area (TPSA) is 81.3 Å². The van der Waals surface area contributed by atoms with E-state index in [0.29, 0.717) is 11.3 Å². The number of nitrogens with one attached hydrogen (secondary N) is 1. The second kappa shape index (κ2) is 7.40. The fraction of sp³-hybridized carbons (Fsp3) is 0.312. The SMILES string of the molecule is CCOC(=O)Cc1c(-c2ccccc2)n[nH]c1C(=O)OCC. The maximum absolute atomic E-state index is 12.0. The lowest BCUT2D eigenvalue weighted by molar-refractivity contribution is -0.142. The minimum absolute atomic E-state index is 0.0390. The van der Waals surface area contributed by atoms with Crippen LogP contribution in [0.4, 0.5) is 0 Å². The second-order valence-electron chi connectivity index (χ2n) is 4.49.